The molecule has 0 bridgehead atoms. The first-order valence-corrected chi connectivity index (χ1v) is 7.61. The highest BCUT2D eigenvalue weighted by molar-refractivity contribution is 7.92. The van der Waals surface area contributed by atoms with Gasteiger partial charge in [-0.1, -0.05) is 12.1 Å². The summed E-state index contributed by atoms with van der Waals surface area (Å²) in [5.74, 6) is -3.11. The lowest BCUT2D eigenvalue weighted by Crippen LogP contribution is -2.17. The Labute approximate surface area is 125 Å². The molecule has 0 aliphatic rings. The maximum absolute atomic E-state index is 13.7. The van der Waals surface area contributed by atoms with Gasteiger partial charge in [-0.05, 0) is 24.6 Å². The van der Waals surface area contributed by atoms with Gasteiger partial charge in [-0.3, -0.25) is 4.72 Å². The molecule has 0 heterocycles. The Hall–Kier alpha value is -2.06. The molecule has 0 saturated carbocycles. The van der Waals surface area contributed by atoms with Gasteiger partial charge in [0.1, 0.15) is 22.3 Å². The second-order valence-electron chi connectivity index (χ2n) is 4.57. The fourth-order valence-corrected chi connectivity index (χ4v) is 3.10. The molecule has 0 amide bonds. The normalized spacial score (nSPS) is 11.5. The molecule has 22 heavy (non-hydrogen) atoms. The Morgan fingerprint density at radius 1 is 1.09 bits per heavy atom. The average molecular weight is 331 g/mol. The first-order valence-electron chi connectivity index (χ1n) is 6.13. The quantitative estimate of drug-likeness (QED) is 0.905. The van der Waals surface area contributed by atoms with E-state index in [1.165, 1.54) is 19.1 Å². The van der Waals surface area contributed by atoms with Gasteiger partial charge >= 0.3 is 0 Å². The number of rotatable bonds is 4. The highest BCUT2D eigenvalue weighted by Crippen LogP contribution is 2.26. The van der Waals surface area contributed by atoms with Gasteiger partial charge in [0.15, 0.2) is 0 Å². The minimum atomic E-state index is -4.48. The van der Waals surface area contributed by atoms with Crippen LogP contribution in [-0.2, 0) is 16.6 Å². The maximum Gasteiger partial charge on any atom is 0.264 e. The van der Waals surface area contributed by atoms with Crippen molar-refractivity contribution in [2.45, 2.75) is 18.4 Å². The third-order valence-corrected chi connectivity index (χ3v) is 4.37. The number of benzene rings is 2. The Balaban J connectivity index is 2.52. The topological polar surface area (TPSA) is 66.4 Å². The summed E-state index contributed by atoms with van der Waals surface area (Å²) in [5, 5.41) is 9.12. The van der Waals surface area contributed by atoms with Crippen LogP contribution >= 0.6 is 0 Å². The first kappa shape index (κ1) is 16.3. The van der Waals surface area contributed by atoms with Crippen molar-refractivity contribution in [3.8, 4) is 0 Å². The van der Waals surface area contributed by atoms with Gasteiger partial charge in [0.25, 0.3) is 10.0 Å². The number of hydrogen-bond donors (Lipinski definition) is 2. The number of anilines is 1. The van der Waals surface area contributed by atoms with Crippen LogP contribution in [0.1, 0.15) is 11.1 Å². The summed E-state index contributed by atoms with van der Waals surface area (Å²) >= 11 is 0. The Kier molecular flexibility index (Phi) is 4.43. The molecule has 0 radical (unpaired) electrons. The van der Waals surface area contributed by atoms with Gasteiger partial charge in [0.05, 0.1) is 12.3 Å². The van der Waals surface area contributed by atoms with Gasteiger partial charge < -0.3 is 5.11 Å². The monoisotopic (exact) mass is 331 g/mol. The van der Waals surface area contributed by atoms with Crippen LogP contribution in [0.3, 0.4) is 0 Å². The molecule has 0 aliphatic carbocycles. The fourth-order valence-electron chi connectivity index (χ4n) is 1.84. The highest BCUT2D eigenvalue weighted by atomic mass is 32.2. The number of aliphatic hydroxyl groups excluding tert-OH is 1. The van der Waals surface area contributed by atoms with Crippen LogP contribution in [0.25, 0.3) is 0 Å². The molecule has 0 unspecified atom stereocenters. The summed E-state index contributed by atoms with van der Waals surface area (Å²) in [6, 6.07) is 4.85. The molecule has 2 aromatic carbocycles. The summed E-state index contributed by atoms with van der Waals surface area (Å²) in [7, 11) is -4.48. The molecule has 118 valence electrons. The summed E-state index contributed by atoms with van der Waals surface area (Å²) in [6.07, 6.45) is 0. The van der Waals surface area contributed by atoms with Crippen molar-refractivity contribution < 1.29 is 26.7 Å². The molecule has 0 fully saturated rings. The van der Waals surface area contributed by atoms with Crippen molar-refractivity contribution in [3.63, 3.8) is 0 Å². The smallest absolute Gasteiger partial charge is 0.264 e. The average Bonchev–Trinajstić information content (AvgIpc) is 2.44. The molecule has 4 nitrogen and oxygen atoms in total. The maximum atomic E-state index is 13.7. The van der Waals surface area contributed by atoms with Crippen molar-refractivity contribution in [1.29, 1.82) is 0 Å². The number of aliphatic hydroxyl groups is 1. The van der Waals surface area contributed by atoms with Crippen molar-refractivity contribution in [2.75, 3.05) is 4.72 Å². The molecule has 0 spiro atoms. The lowest BCUT2D eigenvalue weighted by atomic mass is 10.2. The van der Waals surface area contributed by atoms with Crippen molar-refractivity contribution in [2.24, 2.45) is 0 Å². The van der Waals surface area contributed by atoms with Gasteiger partial charge in [0.2, 0.25) is 0 Å². The first-order chi connectivity index (χ1) is 10.3. The SMILES string of the molecule is Cc1cc(S(=O)(=O)Nc2c(F)cccc2CO)c(F)cc1F. The van der Waals surface area contributed by atoms with Crippen LogP contribution in [0.15, 0.2) is 35.2 Å². The fraction of sp³-hybridized carbons (Fsp3) is 0.143. The van der Waals surface area contributed by atoms with Crippen LogP contribution in [-0.4, -0.2) is 13.5 Å². The molecular formula is C14H12F3NO3S. The summed E-state index contributed by atoms with van der Waals surface area (Å²) < 4.78 is 66.9. The van der Waals surface area contributed by atoms with Crippen molar-refractivity contribution in [1.82, 2.24) is 0 Å². The van der Waals surface area contributed by atoms with E-state index < -0.39 is 44.7 Å². The zero-order valence-corrected chi connectivity index (χ0v) is 12.2. The zero-order chi connectivity index (χ0) is 16.5. The second kappa shape index (κ2) is 5.98. The van der Waals surface area contributed by atoms with Gasteiger partial charge in [-0.25, -0.2) is 21.6 Å². The van der Waals surface area contributed by atoms with E-state index in [4.69, 9.17) is 5.11 Å². The summed E-state index contributed by atoms with van der Waals surface area (Å²) in [5.41, 5.74) is -0.563. The molecule has 0 atom stereocenters. The van der Waals surface area contributed by atoms with Crippen molar-refractivity contribution in [3.05, 3.63) is 58.9 Å². The minimum Gasteiger partial charge on any atom is -0.392 e. The van der Waals surface area contributed by atoms with Gasteiger partial charge in [0, 0.05) is 11.6 Å². The number of hydrogen-bond acceptors (Lipinski definition) is 3. The molecule has 2 aromatic rings. The highest BCUT2D eigenvalue weighted by Gasteiger charge is 2.23. The van der Waals surface area contributed by atoms with E-state index in [1.54, 1.807) is 0 Å². The van der Waals surface area contributed by atoms with Gasteiger partial charge in [-0.2, -0.15) is 0 Å². The molecule has 0 aromatic heterocycles. The standard InChI is InChI=1S/C14H12F3NO3S/c1-8-5-13(12(17)6-11(8)16)22(20,21)18-14-9(7-19)3-2-4-10(14)15/h2-6,18-19H,7H2,1H3. The van der Waals surface area contributed by atoms with E-state index in [2.05, 4.69) is 0 Å². The summed E-state index contributed by atoms with van der Waals surface area (Å²) in [6.45, 7) is 0.663. The zero-order valence-electron chi connectivity index (χ0n) is 11.4. The Bertz CT molecular complexity index is 822. The third kappa shape index (κ3) is 3.07. The molecule has 2 rings (SSSR count). The second-order valence-corrected chi connectivity index (χ2v) is 6.22. The summed E-state index contributed by atoms with van der Waals surface area (Å²) in [4.78, 5) is -0.807. The van der Waals surface area contributed by atoms with Crippen LogP contribution in [0, 0.1) is 24.4 Å². The number of halogens is 3. The molecule has 0 aliphatic heterocycles. The van der Waals surface area contributed by atoms with E-state index >= 15 is 0 Å². The van der Waals surface area contributed by atoms with E-state index in [9.17, 15) is 21.6 Å². The van der Waals surface area contributed by atoms with E-state index in [-0.39, 0.29) is 11.1 Å². The number of sulfonamides is 1. The number of para-hydroxylation sites is 1. The largest absolute Gasteiger partial charge is 0.392 e. The molecular weight excluding hydrogens is 319 g/mol. The lowest BCUT2D eigenvalue weighted by molar-refractivity contribution is 0.282. The third-order valence-electron chi connectivity index (χ3n) is 3.01. The number of aryl methyl sites for hydroxylation is 1. The Morgan fingerprint density at radius 3 is 2.41 bits per heavy atom. The lowest BCUT2D eigenvalue weighted by Gasteiger charge is -2.13. The Morgan fingerprint density at radius 2 is 1.77 bits per heavy atom. The van der Waals surface area contributed by atoms with Crippen LogP contribution in [0.5, 0.6) is 0 Å². The number of nitrogens with one attached hydrogen (secondary N) is 1. The van der Waals surface area contributed by atoms with Crippen LogP contribution in [0.4, 0.5) is 18.9 Å². The van der Waals surface area contributed by atoms with E-state index in [1.807, 2.05) is 4.72 Å². The predicted octanol–water partition coefficient (Wildman–Crippen LogP) is 2.71. The van der Waals surface area contributed by atoms with E-state index in [0.29, 0.717) is 6.07 Å². The van der Waals surface area contributed by atoms with Gasteiger partial charge in [-0.15, -0.1) is 0 Å². The van der Waals surface area contributed by atoms with E-state index in [0.717, 1.165) is 12.1 Å². The molecule has 2 N–H and O–H groups in total. The molecule has 0 saturated heterocycles. The van der Waals surface area contributed by atoms with Crippen LogP contribution < -0.4 is 4.72 Å². The minimum absolute atomic E-state index is 0.0113. The predicted molar refractivity (Wildman–Crippen MR) is 74.2 cm³/mol. The van der Waals surface area contributed by atoms with Crippen LogP contribution in [0.2, 0.25) is 0 Å². The van der Waals surface area contributed by atoms with Crippen molar-refractivity contribution >= 4 is 15.7 Å². The molecule has 8 heteroatoms.